The van der Waals surface area contributed by atoms with Crippen LogP contribution in [0, 0.1) is 0 Å². The van der Waals surface area contributed by atoms with Crippen LogP contribution in [0.1, 0.15) is 49.1 Å². The number of carbonyl (C=O) groups excluding carboxylic acids is 1. The first-order chi connectivity index (χ1) is 13.3. The molecule has 0 unspecified atom stereocenters. The summed E-state index contributed by atoms with van der Waals surface area (Å²) in [6.45, 7) is 1.17. The van der Waals surface area contributed by atoms with E-state index in [1.807, 2.05) is 0 Å². The van der Waals surface area contributed by atoms with Crippen LogP contribution >= 0.6 is 0 Å². The summed E-state index contributed by atoms with van der Waals surface area (Å²) in [6.07, 6.45) is 0.0761. The van der Waals surface area contributed by atoms with Gasteiger partial charge in [-0.1, -0.05) is 0 Å². The Kier molecular flexibility index (Phi) is 4.68. The van der Waals surface area contributed by atoms with E-state index in [0.717, 1.165) is 30.1 Å². The Hall–Kier alpha value is -2.72. The Morgan fingerprint density at radius 2 is 1.96 bits per heavy atom. The van der Waals surface area contributed by atoms with Crippen molar-refractivity contribution in [1.29, 1.82) is 0 Å². The van der Waals surface area contributed by atoms with Crippen LogP contribution in [0.4, 0.5) is 13.2 Å². The fourth-order valence-corrected chi connectivity index (χ4v) is 3.79. The number of rotatable bonds is 3. The van der Waals surface area contributed by atoms with Gasteiger partial charge in [0, 0.05) is 25.7 Å². The van der Waals surface area contributed by atoms with Crippen LogP contribution in [0.5, 0.6) is 0 Å². The van der Waals surface area contributed by atoms with Crippen LogP contribution in [0.25, 0.3) is 0 Å². The molecule has 0 saturated carbocycles. The number of likely N-dealkylation sites (tertiary alicyclic amines) is 1. The predicted molar refractivity (Wildman–Crippen MR) is 90.4 cm³/mol. The number of carbonyl (C=O) groups is 1. The highest BCUT2D eigenvalue weighted by molar-refractivity contribution is 5.80. The van der Waals surface area contributed by atoms with Gasteiger partial charge in [0.05, 0.1) is 12.2 Å². The molecular weight excluding hydrogens is 377 g/mol. The third-order valence-electron chi connectivity index (χ3n) is 5.11. The van der Waals surface area contributed by atoms with Gasteiger partial charge in [-0.05, 0) is 31.7 Å². The fraction of sp³-hybridized carbons (Fsp3) is 0.588. The average Bonchev–Trinajstić information content (AvgIpc) is 3.30. The molecule has 0 radical (unpaired) electrons. The largest absolute Gasteiger partial charge is 0.451 e. The van der Waals surface area contributed by atoms with Gasteiger partial charge in [-0.15, -0.1) is 0 Å². The molecular formula is C17H19F3N6O2. The highest BCUT2D eigenvalue weighted by Crippen LogP contribution is 2.27. The Balaban J connectivity index is 1.63. The maximum atomic E-state index is 12.9. The molecule has 2 aromatic rings. The van der Waals surface area contributed by atoms with Crippen molar-refractivity contribution in [3.63, 3.8) is 0 Å². The molecule has 1 fully saturated rings. The van der Waals surface area contributed by atoms with Crippen molar-refractivity contribution in [3.8, 4) is 0 Å². The Morgan fingerprint density at radius 1 is 1.21 bits per heavy atom. The van der Waals surface area contributed by atoms with E-state index >= 15 is 0 Å². The van der Waals surface area contributed by atoms with Gasteiger partial charge in [0.2, 0.25) is 11.7 Å². The number of hydrogen-bond donors (Lipinski definition) is 0. The quantitative estimate of drug-likeness (QED) is 0.783. The second-order valence-corrected chi connectivity index (χ2v) is 7.04. The van der Waals surface area contributed by atoms with Crippen LogP contribution in [-0.2, 0) is 23.9 Å². The number of aryl methyl sites for hydroxylation is 1. The second-order valence-electron chi connectivity index (χ2n) is 7.04. The van der Waals surface area contributed by atoms with Crippen molar-refractivity contribution in [2.24, 2.45) is 0 Å². The molecule has 1 atom stereocenters. The van der Waals surface area contributed by atoms with Gasteiger partial charge in [-0.3, -0.25) is 9.36 Å². The summed E-state index contributed by atoms with van der Waals surface area (Å²) < 4.78 is 40.9. The molecule has 28 heavy (non-hydrogen) atoms. The molecule has 1 amide bonds. The van der Waals surface area contributed by atoms with Gasteiger partial charge in [0.25, 0.3) is 0 Å². The zero-order valence-corrected chi connectivity index (χ0v) is 15.0. The molecule has 0 bridgehead atoms. The van der Waals surface area contributed by atoms with Gasteiger partial charge in [-0.25, -0.2) is 19.4 Å². The second kappa shape index (κ2) is 7.02. The lowest BCUT2D eigenvalue weighted by atomic mass is 10.0. The summed E-state index contributed by atoms with van der Waals surface area (Å²) in [6, 6.07) is 0.714. The van der Waals surface area contributed by atoms with Crippen molar-refractivity contribution >= 4 is 5.91 Å². The number of aromatic nitrogens is 5. The smallest absolute Gasteiger partial charge is 0.341 e. The van der Waals surface area contributed by atoms with Crippen LogP contribution in [0.15, 0.2) is 17.1 Å². The molecule has 2 aromatic heterocycles. The zero-order valence-electron chi connectivity index (χ0n) is 15.0. The number of nitrogens with zero attached hydrogens (tertiary/aromatic N) is 6. The van der Waals surface area contributed by atoms with E-state index in [-0.39, 0.29) is 18.1 Å². The van der Waals surface area contributed by atoms with Crippen LogP contribution in [0.3, 0.4) is 0 Å². The first-order valence-corrected chi connectivity index (χ1v) is 9.21. The number of alkyl halides is 3. The molecule has 2 aliphatic rings. The summed E-state index contributed by atoms with van der Waals surface area (Å²) in [5.74, 6) is -0.857. The molecule has 0 aliphatic carbocycles. The highest BCUT2D eigenvalue weighted by Gasteiger charge is 2.36. The predicted octanol–water partition coefficient (Wildman–Crippen LogP) is 1.40. The topological polar surface area (TPSA) is 85.9 Å². The van der Waals surface area contributed by atoms with Gasteiger partial charge >= 0.3 is 11.9 Å². The summed E-state index contributed by atoms with van der Waals surface area (Å²) >= 11 is 0. The average molecular weight is 396 g/mol. The zero-order chi connectivity index (χ0) is 19.9. The van der Waals surface area contributed by atoms with E-state index in [4.69, 9.17) is 0 Å². The standard InChI is InChI=1S/C17H19F3N6O2/c18-17(19,20)15-21-7-6-11(22-15)10-25-16(28)26-12(4-3-5-13(26)23-25)14(27)24-8-1-2-9-24/h6-7,12H,1-5,8-10H2/t12-/m0/s1. The van der Waals surface area contributed by atoms with E-state index in [1.165, 1.54) is 10.6 Å². The molecule has 0 aromatic carbocycles. The normalized spacial score (nSPS) is 19.7. The lowest BCUT2D eigenvalue weighted by Crippen LogP contribution is -2.41. The molecule has 8 nitrogen and oxygen atoms in total. The van der Waals surface area contributed by atoms with E-state index in [2.05, 4.69) is 15.1 Å². The first kappa shape index (κ1) is 18.6. The maximum Gasteiger partial charge on any atom is 0.451 e. The van der Waals surface area contributed by atoms with Crippen LogP contribution in [-0.4, -0.2) is 48.2 Å². The molecule has 4 heterocycles. The van der Waals surface area contributed by atoms with E-state index in [1.54, 1.807) is 4.90 Å². The third-order valence-corrected chi connectivity index (χ3v) is 5.11. The monoisotopic (exact) mass is 396 g/mol. The van der Waals surface area contributed by atoms with E-state index < -0.39 is 23.7 Å². The Bertz CT molecular complexity index is 945. The minimum Gasteiger partial charge on any atom is -0.341 e. The Labute approximate surface area is 158 Å². The molecule has 2 aliphatic heterocycles. The SMILES string of the molecule is O=C([C@@H]1CCCc2nn(Cc3ccnc(C(F)(F)F)n3)c(=O)n21)N1CCCC1. The van der Waals surface area contributed by atoms with E-state index in [9.17, 15) is 22.8 Å². The summed E-state index contributed by atoms with van der Waals surface area (Å²) in [7, 11) is 0. The molecule has 11 heteroatoms. The summed E-state index contributed by atoms with van der Waals surface area (Å²) in [4.78, 5) is 34.1. The molecule has 0 spiro atoms. The van der Waals surface area contributed by atoms with Gasteiger partial charge in [-0.2, -0.15) is 18.3 Å². The van der Waals surface area contributed by atoms with E-state index in [0.29, 0.717) is 31.8 Å². The first-order valence-electron chi connectivity index (χ1n) is 9.21. The van der Waals surface area contributed by atoms with Crippen molar-refractivity contribution in [1.82, 2.24) is 29.2 Å². The molecule has 4 rings (SSSR count). The fourth-order valence-electron chi connectivity index (χ4n) is 3.79. The van der Waals surface area contributed by atoms with Crippen LogP contribution < -0.4 is 5.69 Å². The summed E-state index contributed by atoms with van der Waals surface area (Å²) in [5.41, 5.74) is -0.471. The number of amides is 1. The molecule has 0 N–H and O–H groups in total. The van der Waals surface area contributed by atoms with Gasteiger partial charge in [0.15, 0.2) is 0 Å². The van der Waals surface area contributed by atoms with Gasteiger partial charge < -0.3 is 4.90 Å². The minimum atomic E-state index is -4.67. The molecule has 1 saturated heterocycles. The van der Waals surface area contributed by atoms with Crippen LogP contribution in [0.2, 0.25) is 0 Å². The minimum absolute atomic E-state index is 0.0299. The third kappa shape index (κ3) is 3.40. The lowest BCUT2D eigenvalue weighted by molar-refractivity contribution is -0.145. The van der Waals surface area contributed by atoms with Crippen molar-refractivity contribution in [2.45, 2.75) is 50.9 Å². The van der Waals surface area contributed by atoms with Crippen molar-refractivity contribution in [3.05, 3.63) is 40.1 Å². The number of fused-ring (bicyclic) bond motifs is 1. The maximum absolute atomic E-state index is 12.9. The lowest BCUT2D eigenvalue weighted by Gasteiger charge is -2.27. The van der Waals surface area contributed by atoms with Crippen molar-refractivity contribution in [2.75, 3.05) is 13.1 Å². The molecule has 150 valence electrons. The van der Waals surface area contributed by atoms with Crippen molar-refractivity contribution < 1.29 is 18.0 Å². The Morgan fingerprint density at radius 3 is 2.68 bits per heavy atom. The summed E-state index contributed by atoms with van der Waals surface area (Å²) in [5, 5.41) is 4.25. The highest BCUT2D eigenvalue weighted by atomic mass is 19.4. The van der Waals surface area contributed by atoms with Gasteiger partial charge in [0.1, 0.15) is 11.9 Å². The number of hydrogen-bond acceptors (Lipinski definition) is 5. The number of halogens is 3.